The van der Waals surface area contributed by atoms with Crippen LogP contribution >= 0.6 is 0 Å². The quantitative estimate of drug-likeness (QED) is 0.481. The van der Waals surface area contributed by atoms with Crippen molar-refractivity contribution in [3.8, 4) is 5.75 Å². The Balaban J connectivity index is 2.13. The Labute approximate surface area is 117 Å². The molecule has 1 aromatic carbocycles. The van der Waals surface area contributed by atoms with Gasteiger partial charge in [-0.2, -0.15) is 0 Å². The molecule has 106 valence electrons. The molecule has 0 saturated carbocycles. The van der Waals surface area contributed by atoms with Crippen LogP contribution in [0.5, 0.6) is 5.75 Å². The third kappa shape index (κ3) is 7.02. The summed E-state index contributed by atoms with van der Waals surface area (Å²) < 4.78 is 5.85. The van der Waals surface area contributed by atoms with Crippen LogP contribution in [-0.2, 0) is 6.42 Å². The molecule has 0 saturated heterocycles. The zero-order valence-electron chi connectivity index (χ0n) is 12.2. The summed E-state index contributed by atoms with van der Waals surface area (Å²) in [5.74, 6) is 1.01. The van der Waals surface area contributed by atoms with Crippen LogP contribution in [0.25, 0.3) is 0 Å². The maximum Gasteiger partial charge on any atom is 0.122 e. The van der Waals surface area contributed by atoms with E-state index < -0.39 is 0 Å². The summed E-state index contributed by atoms with van der Waals surface area (Å²) in [4.78, 5) is 0. The van der Waals surface area contributed by atoms with Gasteiger partial charge in [0.25, 0.3) is 0 Å². The summed E-state index contributed by atoms with van der Waals surface area (Å²) in [6.07, 6.45) is 7.58. The number of nitrogens with one attached hydrogen (secondary N) is 1. The van der Waals surface area contributed by atoms with Crippen molar-refractivity contribution in [2.45, 2.75) is 39.0 Å². The third-order valence-corrected chi connectivity index (χ3v) is 3.02. The average Bonchev–Trinajstić information content (AvgIpc) is 2.44. The van der Waals surface area contributed by atoms with Gasteiger partial charge in [-0.3, -0.25) is 0 Å². The largest absolute Gasteiger partial charge is 0.493 e. The molecular formula is C17H27NO. The van der Waals surface area contributed by atoms with Gasteiger partial charge in [-0.25, -0.2) is 0 Å². The fourth-order valence-corrected chi connectivity index (χ4v) is 1.98. The van der Waals surface area contributed by atoms with Crippen molar-refractivity contribution in [1.29, 1.82) is 0 Å². The zero-order chi connectivity index (χ0) is 13.8. The van der Waals surface area contributed by atoms with Crippen LogP contribution in [-0.4, -0.2) is 19.7 Å². The molecule has 0 fully saturated rings. The standard InChI is InChI=1S/C17H27NO/c1-3-10-16-11-6-7-12-17(16)19-15-9-5-8-14-18-13-4-2/h3,6-7,11-12,18H,1,4-5,8-10,13-15H2,2H3. The van der Waals surface area contributed by atoms with Crippen molar-refractivity contribution in [3.63, 3.8) is 0 Å². The van der Waals surface area contributed by atoms with Crippen LogP contribution in [0.2, 0.25) is 0 Å². The minimum absolute atomic E-state index is 0.807. The highest BCUT2D eigenvalue weighted by Gasteiger charge is 2.00. The first-order chi connectivity index (χ1) is 9.38. The number of hydrogen-bond donors (Lipinski definition) is 1. The number of para-hydroxylation sites is 1. The maximum absolute atomic E-state index is 5.85. The van der Waals surface area contributed by atoms with Crippen molar-refractivity contribution in [1.82, 2.24) is 5.32 Å². The Hall–Kier alpha value is -1.28. The first kappa shape index (κ1) is 15.8. The molecule has 0 amide bonds. The fraction of sp³-hybridized carbons (Fsp3) is 0.529. The van der Waals surface area contributed by atoms with E-state index in [1.165, 1.54) is 24.8 Å². The number of ether oxygens (including phenoxy) is 1. The van der Waals surface area contributed by atoms with Crippen molar-refractivity contribution in [3.05, 3.63) is 42.5 Å². The fourth-order valence-electron chi connectivity index (χ4n) is 1.98. The topological polar surface area (TPSA) is 21.3 Å². The number of allylic oxidation sites excluding steroid dienone is 1. The Bertz CT molecular complexity index is 349. The molecule has 1 N–H and O–H groups in total. The predicted molar refractivity (Wildman–Crippen MR) is 82.8 cm³/mol. The zero-order valence-corrected chi connectivity index (χ0v) is 12.2. The average molecular weight is 261 g/mol. The van der Waals surface area contributed by atoms with Crippen LogP contribution < -0.4 is 10.1 Å². The highest BCUT2D eigenvalue weighted by Crippen LogP contribution is 2.19. The summed E-state index contributed by atoms with van der Waals surface area (Å²) in [5.41, 5.74) is 1.22. The van der Waals surface area contributed by atoms with E-state index in [0.717, 1.165) is 38.3 Å². The normalized spacial score (nSPS) is 10.4. The van der Waals surface area contributed by atoms with Gasteiger partial charge in [0.2, 0.25) is 0 Å². The molecule has 1 rings (SSSR count). The molecule has 2 nitrogen and oxygen atoms in total. The van der Waals surface area contributed by atoms with Crippen LogP contribution in [0.15, 0.2) is 36.9 Å². The maximum atomic E-state index is 5.85. The lowest BCUT2D eigenvalue weighted by molar-refractivity contribution is 0.302. The highest BCUT2D eigenvalue weighted by atomic mass is 16.5. The van der Waals surface area contributed by atoms with Crippen molar-refractivity contribution in [2.75, 3.05) is 19.7 Å². The van der Waals surface area contributed by atoms with Gasteiger partial charge < -0.3 is 10.1 Å². The van der Waals surface area contributed by atoms with E-state index in [1.807, 2.05) is 24.3 Å². The van der Waals surface area contributed by atoms with Crippen LogP contribution in [0.4, 0.5) is 0 Å². The first-order valence-corrected chi connectivity index (χ1v) is 7.40. The van der Waals surface area contributed by atoms with Gasteiger partial charge in [-0.05, 0) is 56.8 Å². The number of benzene rings is 1. The molecule has 0 atom stereocenters. The van der Waals surface area contributed by atoms with Crippen LogP contribution in [0.1, 0.15) is 38.2 Å². The van der Waals surface area contributed by atoms with E-state index >= 15 is 0 Å². The minimum Gasteiger partial charge on any atom is -0.493 e. The lowest BCUT2D eigenvalue weighted by Gasteiger charge is -2.10. The van der Waals surface area contributed by atoms with Gasteiger partial charge in [0.15, 0.2) is 0 Å². The summed E-state index contributed by atoms with van der Waals surface area (Å²) in [6.45, 7) is 9.04. The molecule has 0 aliphatic carbocycles. The number of rotatable bonds is 11. The number of hydrogen-bond acceptors (Lipinski definition) is 2. The SMILES string of the molecule is C=CCc1ccccc1OCCCCCNCCC. The Kier molecular flexibility index (Phi) is 8.82. The van der Waals surface area contributed by atoms with E-state index in [9.17, 15) is 0 Å². The van der Waals surface area contributed by atoms with E-state index in [-0.39, 0.29) is 0 Å². The van der Waals surface area contributed by atoms with E-state index in [0.29, 0.717) is 0 Å². The molecule has 0 aliphatic heterocycles. The summed E-state index contributed by atoms with van der Waals surface area (Å²) in [6, 6.07) is 8.22. The minimum atomic E-state index is 0.807. The molecule has 0 radical (unpaired) electrons. The molecule has 0 bridgehead atoms. The summed E-state index contributed by atoms with van der Waals surface area (Å²) in [7, 11) is 0. The summed E-state index contributed by atoms with van der Waals surface area (Å²) in [5, 5.41) is 3.42. The Morgan fingerprint density at radius 3 is 2.79 bits per heavy atom. The molecule has 0 heterocycles. The molecule has 2 heteroatoms. The molecule has 19 heavy (non-hydrogen) atoms. The molecule has 0 aromatic heterocycles. The van der Waals surface area contributed by atoms with Crippen LogP contribution in [0.3, 0.4) is 0 Å². The van der Waals surface area contributed by atoms with E-state index in [1.54, 1.807) is 0 Å². The van der Waals surface area contributed by atoms with Crippen molar-refractivity contribution >= 4 is 0 Å². The monoisotopic (exact) mass is 261 g/mol. The molecular weight excluding hydrogens is 234 g/mol. The first-order valence-electron chi connectivity index (χ1n) is 7.40. The summed E-state index contributed by atoms with van der Waals surface area (Å²) >= 11 is 0. The van der Waals surface area contributed by atoms with Crippen LogP contribution in [0, 0.1) is 0 Å². The molecule has 0 unspecified atom stereocenters. The van der Waals surface area contributed by atoms with Gasteiger partial charge in [0, 0.05) is 0 Å². The van der Waals surface area contributed by atoms with Gasteiger partial charge in [0.05, 0.1) is 6.61 Å². The molecule has 0 spiro atoms. The second-order valence-electron chi connectivity index (χ2n) is 4.76. The van der Waals surface area contributed by atoms with Gasteiger partial charge >= 0.3 is 0 Å². The molecule has 1 aromatic rings. The van der Waals surface area contributed by atoms with E-state index in [2.05, 4.69) is 24.9 Å². The predicted octanol–water partition coefficient (Wildman–Crippen LogP) is 3.96. The number of unbranched alkanes of at least 4 members (excludes halogenated alkanes) is 2. The Morgan fingerprint density at radius 1 is 1.16 bits per heavy atom. The second kappa shape index (κ2) is 10.6. The smallest absolute Gasteiger partial charge is 0.122 e. The second-order valence-corrected chi connectivity index (χ2v) is 4.76. The van der Waals surface area contributed by atoms with Gasteiger partial charge in [-0.15, -0.1) is 6.58 Å². The molecule has 0 aliphatic rings. The van der Waals surface area contributed by atoms with Crippen molar-refractivity contribution < 1.29 is 4.74 Å². The Morgan fingerprint density at radius 2 is 2.00 bits per heavy atom. The third-order valence-electron chi connectivity index (χ3n) is 3.02. The van der Waals surface area contributed by atoms with Crippen molar-refractivity contribution in [2.24, 2.45) is 0 Å². The van der Waals surface area contributed by atoms with Gasteiger partial charge in [-0.1, -0.05) is 31.2 Å². The van der Waals surface area contributed by atoms with Gasteiger partial charge in [0.1, 0.15) is 5.75 Å². The lowest BCUT2D eigenvalue weighted by Crippen LogP contribution is -2.15. The van der Waals surface area contributed by atoms with E-state index in [4.69, 9.17) is 4.74 Å². The lowest BCUT2D eigenvalue weighted by atomic mass is 10.1. The highest BCUT2D eigenvalue weighted by molar-refractivity contribution is 5.34.